The molecule has 8 heteroatoms. The number of aromatic nitrogens is 2. The zero-order chi connectivity index (χ0) is 23.4. The molecule has 1 aromatic heterocycles. The Morgan fingerprint density at radius 2 is 1.88 bits per heavy atom. The van der Waals surface area contributed by atoms with Crippen LogP contribution in [0.25, 0.3) is 16.6 Å². The van der Waals surface area contributed by atoms with Crippen molar-refractivity contribution in [3.63, 3.8) is 0 Å². The summed E-state index contributed by atoms with van der Waals surface area (Å²) in [5, 5.41) is 4.56. The summed E-state index contributed by atoms with van der Waals surface area (Å²) in [5.74, 6) is 0.562. The molecule has 0 saturated carbocycles. The first-order valence-electron chi connectivity index (χ1n) is 10.3. The van der Waals surface area contributed by atoms with Crippen LogP contribution in [0.1, 0.15) is 18.5 Å². The van der Waals surface area contributed by atoms with E-state index in [0.717, 1.165) is 5.56 Å². The van der Waals surface area contributed by atoms with Crippen molar-refractivity contribution < 1.29 is 9.53 Å². The van der Waals surface area contributed by atoms with Gasteiger partial charge >= 0.3 is 0 Å². The monoisotopic (exact) mass is 479 g/mol. The van der Waals surface area contributed by atoms with Gasteiger partial charge in [-0.1, -0.05) is 53.7 Å². The van der Waals surface area contributed by atoms with Gasteiger partial charge in [0.2, 0.25) is 5.91 Å². The van der Waals surface area contributed by atoms with Crippen LogP contribution >= 0.6 is 23.4 Å². The minimum absolute atomic E-state index is 0.104. The molecule has 4 aromatic rings. The van der Waals surface area contributed by atoms with Crippen LogP contribution in [0.5, 0.6) is 5.75 Å². The lowest BCUT2D eigenvalue weighted by Gasteiger charge is -2.16. The molecule has 0 saturated heterocycles. The fourth-order valence-corrected chi connectivity index (χ4v) is 4.38. The Balaban J connectivity index is 1.62. The first-order chi connectivity index (χ1) is 16.0. The topological polar surface area (TPSA) is 73.2 Å². The fraction of sp³-hybridized carbons (Fsp3) is 0.160. The summed E-state index contributed by atoms with van der Waals surface area (Å²) in [6, 6.07) is 21.5. The van der Waals surface area contributed by atoms with Gasteiger partial charge in [-0.15, -0.1) is 0 Å². The highest BCUT2D eigenvalue weighted by Crippen LogP contribution is 2.24. The number of nitrogens with one attached hydrogen (secondary N) is 1. The summed E-state index contributed by atoms with van der Waals surface area (Å²) < 4.78 is 6.84. The molecule has 1 amide bonds. The maximum absolute atomic E-state index is 13.3. The average molecular weight is 480 g/mol. The third-order valence-electron chi connectivity index (χ3n) is 5.14. The van der Waals surface area contributed by atoms with E-state index in [1.807, 2.05) is 37.3 Å². The third-order valence-corrected chi connectivity index (χ3v) is 6.33. The number of para-hydroxylation sites is 1. The third kappa shape index (κ3) is 5.21. The van der Waals surface area contributed by atoms with Crippen molar-refractivity contribution in [2.75, 3.05) is 12.9 Å². The molecule has 3 aromatic carbocycles. The number of ether oxygens (including phenoxy) is 1. The average Bonchev–Trinajstić information content (AvgIpc) is 2.83. The maximum atomic E-state index is 13.3. The maximum Gasteiger partial charge on any atom is 0.266 e. The second-order valence-corrected chi connectivity index (χ2v) is 8.76. The first-order valence-corrected chi connectivity index (χ1v) is 11.7. The summed E-state index contributed by atoms with van der Waals surface area (Å²) in [7, 11) is 1.57. The van der Waals surface area contributed by atoms with E-state index in [0.29, 0.717) is 32.5 Å². The predicted molar refractivity (Wildman–Crippen MR) is 133 cm³/mol. The number of carbonyl (C=O) groups excluding carboxylic acids is 1. The second-order valence-electron chi connectivity index (χ2n) is 7.38. The molecule has 1 atom stereocenters. The van der Waals surface area contributed by atoms with Gasteiger partial charge in [0.05, 0.1) is 35.5 Å². The van der Waals surface area contributed by atoms with Crippen LogP contribution < -0.4 is 15.6 Å². The highest BCUT2D eigenvalue weighted by Gasteiger charge is 2.16. The number of benzene rings is 3. The van der Waals surface area contributed by atoms with Crippen molar-refractivity contribution in [2.45, 2.75) is 18.1 Å². The molecule has 1 unspecified atom stereocenters. The zero-order valence-electron chi connectivity index (χ0n) is 18.1. The number of hydrogen-bond acceptors (Lipinski definition) is 5. The Labute approximate surface area is 200 Å². The van der Waals surface area contributed by atoms with Crippen LogP contribution in [0.15, 0.2) is 82.7 Å². The smallest absolute Gasteiger partial charge is 0.266 e. The summed E-state index contributed by atoms with van der Waals surface area (Å²) in [6.07, 6.45) is 0. The Hall–Kier alpha value is -3.29. The SMILES string of the molecule is COc1cccc(-n2c(SCC(=O)NC(C)c3ccc(Cl)cc3)nc3ccccc3c2=O)c1. The minimum atomic E-state index is -0.203. The number of hydrogen-bond donors (Lipinski definition) is 1. The highest BCUT2D eigenvalue weighted by atomic mass is 35.5. The number of nitrogens with zero attached hydrogens (tertiary/aromatic N) is 2. The van der Waals surface area contributed by atoms with E-state index in [1.165, 1.54) is 16.3 Å². The highest BCUT2D eigenvalue weighted by molar-refractivity contribution is 7.99. The van der Waals surface area contributed by atoms with Gasteiger partial charge in [-0.3, -0.25) is 14.2 Å². The van der Waals surface area contributed by atoms with Crippen LogP contribution in [0.2, 0.25) is 5.02 Å². The minimum Gasteiger partial charge on any atom is -0.497 e. The molecular weight excluding hydrogens is 458 g/mol. The molecule has 0 aliphatic carbocycles. The summed E-state index contributed by atoms with van der Waals surface area (Å²) in [4.78, 5) is 30.7. The van der Waals surface area contributed by atoms with E-state index in [-0.39, 0.29) is 23.3 Å². The van der Waals surface area contributed by atoms with E-state index < -0.39 is 0 Å². The lowest BCUT2D eigenvalue weighted by Crippen LogP contribution is -2.29. The molecular formula is C25H22ClN3O3S. The Bertz CT molecular complexity index is 1360. The van der Waals surface area contributed by atoms with E-state index in [9.17, 15) is 9.59 Å². The van der Waals surface area contributed by atoms with Gasteiger partial charge in [-0.2, -0.15) is 0 Å². The van der Waals surface area contributed by atoms with Crippen LogP contribution in [-0.4, -0.2) is 28.3 Å². The molecule has 0 spiro atoms. The first kappa shape index (κ1) is 22.9. The van der Waals surface area contributed by atoms with Crippen molar-refractivity contribution in [1.82, 2.24) is 14.9 Å². The number of amides is 1. The number of rotatable bonds is 7. The van der Waals surface area contributed by atoms with Crippen LogP contribution in [0, 0.1) is 0 Å². The fourth-order valence-electron chi connectivity index (χ4n) is 3.43. The van der Waals surface area contributed by atoms with E-state index in [4.69, 9.17) is 16.3 Å². The summed E-state index contributed by atoms with van der Waals surface area (Å²) in [6.45, 7) is 1.91. The van der Waals surface area contributed by atoms with Crippen LogP contribution in [-0.2, 0) is 4.79 Å². The second kappa shape index (κ2) is 10.1. The quantitative estimate of drug-likeness (QED) is 0.298. The Morgan fingerprint density at radius 3 is 2.64 bits per heavy atom. The number of fused-ring (bicyclic) bond motifs is 1. The molecule has 0 bridgehead atoms. The molecule has 33 heavy (non-hydrogen) atoms. The van der Waals surface area contributed by atoms with Gasteiger partial charge in [0.1, 0.15) is 5.75 Å². The van der Waals surface area contributed by atoms with Crippen molar-refractivity contribution in [3.05, 3.63) is 93.7 Å². The van der Waals surface area contributed by atoms with Gasteiger partial charge in [-0.05, 0) is 48.9 Å². The molecule has 0 fully saturated rings. The van der Waals surface area contributed by atoms with Crippen LogP contribution in [0.3, 0.4) is 0 Å². The molecule has 4 rings (SSSR count). The summed E-state index contributed by atoms with van der Waals surface area (Å²) in [5.41, 5.74) is 1.95. The van der Waals surface area contributed by atoms with Gasteiger partial charge in [-0.25, -0.2) is 4.98 Å². The van der Waals surface area contributed by atoms with Crippen molar-refractivity contribution in [1.29, 1.82) is 0 Å². The number of methoxy groups -OCH3 is 1. The number of halogens is 1. The van der Waals surface area contributed by atoms with Crippen molar-refractivity contribution in [3.8, 4) is 11.4 Å². The zero-order valence-corrected chi connectivity index (χ0v) is 19.7. The van der Waals surface area contributed by atoms with E-state index >= 15 is 0 Å². The predicted octanol–water partition coefficient (Wildman–Crippen LogP) is 5.02. The molecule has 1 N–H and O–H groups in total. The number of thioether (sulfide) groups is 1. The van der Waals surface area contributed by atoms with Gasteiger partial charge in [0.15, 0.2) is 5.16 Å². The molecule has 6 nitrogen and oxygen atoms in total. The normalized spacial score (nSPS) is 11.8. The van der Waals surface area contributed by atoms with Crippen LogP contribution in [0.4, 0.5) is 0 Å². The number of carbonyl (C=O) groups is 1. The largest absolute Gasteiger partial charge is 0.497 e. The molecule has 0 aliphatic heterocycles. The summed E-state index contributed by atoms with van der Waals surface area (Å²) >= 11 is 7.15. The van der Waals surface area contributed by atoms with Gasteiger partial charge in [0, 0.05) is 11.1 Å². The van der Waals surface area contributed by atoms with E-state index in [2.05, 4.69) is 10.3 Å². The molecule has 0 aliphatic rings. The van der Waals surface area contributed by atoms with Crippen molar-refractivity contribution >= 4 is 40.2 Å². The lowest BCUT2D eigenvalue weighted by atomic mass is 10.1. The molecule has 0 radical (unpaired) electrons. The molecule has 168 valence electrons. The molecule has 1 heterocycles. The Morgan fingerprint density at radius 1 is 1.12 bits per heavy atom. The van der Waals surface area contributed by atoms with E-state index in [1.54, 1.807) is 49.6 Å². The lowest BCUT2D eigenvalue weighted by molar-refractivity contribution is -0.119. The van der Waals surface area contributed by atoms with Gasteiger partial charge < -0.3 is 10.1 Å². The standard InChI is InChI=1S/C25H22ClN3O3S/c1-16(17-10-12-18(26)13-11-17)27-23(30)15-33-25-28-22-9-4-3-8-21(22)24(31)29(25)19-6-5-7-20(14-19)32-2/h3-14,16H,15H2,1-2H3,(H,27,30). The Kier molecular flexibility index (Phi) is 7.01. The van der Waals surface area contributed by atoms with Crippen molar-refractivity contribution in [2.24, 2.45) is 0 Å². The van der Waals surface area contributed by atoms with Gasteiger partial charge in [0.25, 0.3) is 5.56 Å².